The molecule has 2 atom stereocenters. The molecule has 0 radical (unpaired) electrons. The second-order valence-electron chi connectivity index (χ2n) is 4.77. The molecule has 1 aliphatic rings. The van der Waals surface area contributed by atoms with Gasteiger partial charge in [0.1, 0.15) is 6.61 Å². The molecule has 112 valence electrons. The lowest BCUT2D eigenvalue weighted by Gasteiger charge is -2.22. The van der Waals surface area contributed by atoms with Gasteiger partial charge in [0, 0.05) is 33.9 Å². The summed E-state index contributed by atoms with van der Waals surface area (Å²) in [5.41, 5.74) is 0.287. The lowest BCUT2D eigenvalue weighted by molar-refractivity contribution is 0.0602. The number of amides is 1. The molecule has 1 saturated heterocycles. The maximum Gasteiger partial charge on any atom is 0.276 e. The van der Waals surface area contributed by atoms with Gasteiger partial charge in [-0.05, 0) is 6.42 Å². The van der Waals surface area contributed by atoms with Gasteiger partial charge < -0.3 is 23.6 Å². The average Bonchev–Trinajstić information content (AvgIpc) is 3.06. The molecule has 0 aromatic carbocycles. The van der Waals surface area contributed by atoms with E-state index >= 15 is 0 Å². The maximum atomic E-state index is 12.5. The Bertz CT molecular complexity index is 448. The molecule has 2 rings (SSSR count). The molecule has 0 N–H and O–H groups in total. The number of hydrogen-bond donors (Lipinski definition) is 0. The maximum absolute atomic E-state index is 12.5. The Kier molecular flexibility index (Phi) is 5.11. The minimum Gasteiger partial charge on any atom is -0.383 e. The standard InChI is InChI=1S/C13H20N2O5/c1-17-7-9-4-10(19-3)6-15(9)13(16)12-5-11(8-18-2)20-14-12/h5,9-10H,4,6-8H2,1-3H3/t9-,10-/m0/s1. The van der Waals surface area contributed by atoms with E-state index in [9.17, 15) is 4.79 Å². The number of carbonyl (C=O) groups is 1. The van der Waals surface area contributed by atoms with Crippen molar-refractivity contribution in [1.82, 2.24) is 10.1 Å². The Balaban J connectivity index is 2.09. The highest BCUT2D eigenvalue weighted by molar-refractivity contribution is 5.92. The number of rotatable bonds is 6. The first kappa shape index (κ1) is 15.0. The van der Waals surface area contributed by atoms with Gasteiger partial charge in [0.05, 0.1) is 18.8 Å². The van der Waals surface area contributed by atoms with E-state index in [1.165, 1.54) is 0 Å². The number of aromatic nitrogens is 1. The topological polar surface area (TPSA) is 74.0 Å². The summed E-state index contributed by atoms with van der Waals surface area (Å²) in [6.45, 7) is 1.31. The number of carbonyl (C=O) groups excluding carboxylic acids is 1. The first-order valence-corrected chi connectivity index (χ1v) is 6.46. The van der Waals surface area contributed by atoms with Gasteiger partial charge in [-0.25, -0.2) is 0 Å². The predicted octanol–water partition coefficient (Wildman–Crippen LogP) is 0.697. The minimum atomic E-state index is -0.169. The fourth-order valence-electron chi connectivity index (χ4n) is 2.41. The molecule has 0 spiro atoms. The average molecular weight is 284 g/mol. The van der Waals surface area contributed by atoms with Crippen LogP contribution in [0.3, 0.4) is 0 Å². The molecular formula is C13H20N2O5. The van der Waals surface area contributed by atoms with Crippen molar-refractivity contribution >= 4 is 5.91 Å². The molecule has 1 fully saturated rings. The van der Waals surface area contributed by atoms with Gasteiger partial charge in [-0.3, -0.25) is 4.79 Å². The van der Waals surface area contributed by atoms with Crippen LogP contribution in [-0.2, 0) is 20.8 Å². The second kappa shape index (κ2) is 6.83. The minimum absolute atomic E-state index is 0.0000233. The van der Waals surface area contributed by atoms with Crippen LogP contribution >= 0.6 is 0 Å². The molecule has 1 aromatic heterocycles. The monoisotopic (exact) mass is 284 g/mol. The van der Waals surface area contributed by atoms with Crippen molar-refractivity contribution in [3.05, 3.63) is 17.5 Å². The van der Waals surface area contributed by atoms with Crippen LogP contribution in [0.2, 0.25) is 0 Å². The summed E-state index contributed by atoms with van der Waals surface area (Å²) in [6.07, 6.45) is 0.795. The van der Waals surface area contributed by atoms with Gasteiger partial charge in [0.25, 0.3) is 5.91 Å². The van der Waals surface area contributed by atoms with E-state index in [2.05, 4.69) is 5.16 Å². The van der Waals surface area contributed by atoms with E-state index in [1.807, 2.05) is 0 Å². The van der Waals surface area contributed by atoms with E-state index in [0.29, 0.717) is 25.5 Å². The summed E-state index contributed by atoms with van der Waals surface area (Å²) in [5.74, 6) is 0.360. The Hall–Kier alpha value is -1.44. The van der Waals surface area contributed by atoms with Gasteiger partial charge in [-0.15, -0.1) is 0 Å². The van der Waals surface area contributed by atoms with Crippen molar-refractivity contribution < 1.29 is 23.5 Å². The number of ether oxygens (including phenoxy) is 3. The number of hydrogen-bond acceptors (Lipinski definition) is 6. The highest BCUT2D eigenvalue weighted by Gasteiger charge is 2.36. The third-order valence-electron chi connectivity index (χ3n) is 3.39. The first-order chi connectivity index (χ1) is 9.69. The van der Waals surface area contributed by atoms with E-state index in [4.69, 9.17) is 18.7 Å². The van der Waals surface area contributed by atoms with Crippen molar-refractivity contribution in [2.24, 2.45) is 0 Å². The molecule has 0 unspecified atom stereocenters. The van der Waals surface area contributed by atoms with Gasteiger partial charge in [0.2, 0.25) is 0 Å². The first-order valence-electron chi connectivity index (χ1n) is 6.46. The van der Waals surface area contributed by atoms with Gasteiger partial charge in [0.15, 0.2) is 11.5 Å². The highest BCUT2D eigenvalue weighted by Crippen LogP contribution is 2.22. The van der Waals surface area contributed by atoms with Crippen molar-refractivity contribution in [2.45, 2.75) is 25.2 Å². The molecule has 0 saturated carbocycles. The Morgan fingerprint density at radius 2 is 2.25 bits per heavy atom. The Morgan fingerprint density at radius 3 is 2.90 bits per heavy atom. The smallest absolute Gasteiger partial charge is 0.276 e. The third-order valence-corrected chi connectivity index (χ3v) is 3.39. The summed E-state index contributed by atoms with van der Waals surface area (Å²) < 4.78 is 20.5. The summed E-state index contributed by atoms with van der Waals surface area (Å²) in [6, 6.07) is 1.61. The Labute approximate surface area is 117 Å². The zero-order valence-corrected chi connectivity index (χ0v) is 12.0. The molecule has 1 aromatic rings. The van der Waals surface area contributed by atoms with Gasteiger partial charge in [-0.2, -0.15) is 0 Å². The van der Waals surface area contributed by atoms with Gasteiger partial charge in [-0.1, -0.05) is 5.16 Å². The van der Waals surface area contributed by atoms with Crippen LogP contribution in [0.15, 0.2) is 10.6 Å². The summed E-state index contributed by atoms with van der Waals surface area (Å²) >= 11 is 0. The van der Waals surface area contributed by atoms with Crippen LogP contribution in [0.1, 0.15) is 22.7 Å². The van der Waals surface area contributed by atoms with Crippen LogP contribution in [0.25, 0.3) is 0 Å². The van der Waals surface area contributed by atoms with Crippen LogP contribution in [0, 0.1) is 0 Å². The van der Waals surface area contributed by atoms with E-state index in [1.54, 1.807) is 32.3 Å². The third kappa shape index (κ3) is 3.17. The largest absolute Gasteiger partial charge is 0.383 e. The van der Waals surface area contributed by atoms with E-state index in [0.717, 1.165) is 6.42 Å². The molecule has 0 aliphatic carbocycles. The van der Waals surface area contributed by atoms with Crippen molar-refractivity contribution in [1.29, 1.82) is 0 Å². The fourth-order valence-corrected chi connectivity index (χ4v) is 2.41. The second-order valence-corrected chi connectivity index (χ2v) is 4.77. The van der Waals surface area contributed by atoms with Crippen LogP contribution < -0.4 is 0 Å². The van der Waals surface area contributed by atoms with Gasteiger partial charge >= 0.3 is 0 Å². The van der Waals surface area contributed by atoms with Crippen LogP contribution in [0.4, 0.5) is 0 Å². The zero-order chi connectivity index (χ0) is 14.5. The SMILES string of the molecule is COCc1cc(C(=O)N2C[C@@H](OC)C[C@H]2COC)no1. The Morgan fingerprint density at radius 1 is 1.45 bits per heavy atom. The van der Waals surface area contributed by atoms with E-state index < -0.39 is 0 Å². The van der Waals surface area contributed by atoms with Crippen molar-refractivity contribution in [3.8, 4) is 0 Å². The van der Waals surface area contributed by atoms with E-state index in [-0.39, 0.29) is 23.7 Å². The lowest BCUT2D eigenvalue weighted by Crippen LogP contribution is -2.38. The van der Waals surface area contributed by atoms with Crippen LogP contribution in [0.5, 0.6) is 0 Å². The zero-order valence-electron chi connectivity index (χ0n) is 12.0. The molecule has 7 nitrogen and oxygen atoms in total. The predicted molar refractivity (Wildman–Crippen MR) is 69.3 cm³/mol. The molecule has 1 amide bonds. The van der Waals surface area contributed by atoms with Crippen LogP contribution in [-0.4, -0.2) is 62.6 Å². The van der Waals surface area contributed by atoms with Crippen molar-refractivity contribution in [3.63, 3.8) is 0 Å². The van der Waals surface area contributed by atoms with Crippen molar-refractivity contribution in [2.75, 3.05) is 34.5 Å². The highest BCUT2D eigenvalue weighted by atomic mass is 16.5. The molecule has 20 heavy (non-hydrogen) atoms. The molecule has 0 bridgehead atoms. The summed E-state index contributed by atoms with van der Waals surface area (Å²) in [7, 11) is 4.83. The lowest BCUT2D eigenvalue weighted by atomic mass is 10.2. The molecule has 7 heteroatoms. The molecule has 1 aliphatic heterocycles. The summed E-state index contributed by atoms with van der Waals surface area (Å²) in [4.78, 5) is 14.2. The molecule has 2 heterocycles. The summed E-state index contributed by atoms with van der Waals surface area (Å²) in [5, 5.41) is 3.80. The quantitative estimate of drug-likeness (QED) is 0.765. The number of likely N-dealkylation sites (tertiary alicyclic amines) is 1. The molecular weight excluding hydrogens is 264 g/mol. The fraction of sp³-hybridized carbons (Fsp3) is 0.692. The normalized spacial score (nSPS) is 22.4. The number of nitrogens with zero attached hydrogens (tertiary/aromatic N) is 2. The number of methoxy groups -OCH3 is 3.